The smallest absolute Gasteiger partial charge is 0.266 e. The van der Waals surface area contributed by atoms with E-state index >= 15 is 0 Å². The fourth-order valence-electron chi connectivity index (χ4n) is 2.01. The molecule has 0 fully saturated rings. The third-order valence-electron chi connectivity index (χ3n) is 2.89. The van der Waals surface area contributed by atoms with E-state index in [1.165, 1.54) is 12.3 Å². The Hall–Kier alpha value is -1.51. The van der Waals surface area contributed by atoms with Crippen molar-refractivity contribution in [2.75, 3.05) is 11.1 Å². The van der Waals surface area contributed by atoms with Gasteiger partial charge in [0, 0.05) is 16.2 Å². The Morgan fingerprint density at radius 2 is 2.26 bits per heavy atom. The van der Waals surface area contributed by atoms with Gasteiger partial charge in [0.1, 0.15) is 5.82 Å². The molecule has 0 radical (unpaired) electrons. The highest BCUT2D eigenvalue weighted by molar-refractivity contribution is 9.10. The Bertz CT molecular complexity index is 705. The van der Waals surface area contributed by atoms with Crippen LogP contribution >= 0.6 is 27.3 Å². The van der Waals surface area contributed by atoms with Crippen LogP contribution in [0.4, 0.5) is 15.2 Å². The third-order valence-corrected chi connectivity index (χ3v) is 4.45. The Balaban J connectivity index is 2.28. The largest absolute Gasteiger partial charge is 0.375 e. The molecule has 1 aromatic heterocycles. The number of fused-ring (bicyclic) bond motifs is 1. The molecule has 2 heterocycles. The van der Waals surface area contributed by atoms with E-state index in [4.69, 9.17) is 5.73 Å². The summed E-state index contributed by atoms with van der Waals surface area (Å²) in [7, 11) is 0. The molecule has 1 atom stereocenters. The van der Waals surface area contributed by atoms with Crippen LogP contribution in [0, 0.1) is 5.82 Å². The van der Waals surface area contributed by atoms with Crippen molar-refractivity contribution in [1.29, 1.82) is 0 Å². The van der Waals surface area contributed by atoms with E-state index in [0.717, 1.165) is 17.4 Å². The van der Waals surface area contributed by atoms with Crippen LogP contribution in [-0.4, -0.2) is 16.0 Å². The molecule has 5 nitrogen and oxygen atoms in total. The normalized spacial score (nSPS) is 21.3. The second-order valence-electron chi connectivity index (χ2n) is 4.04. The Labute approximate surface area is 119 Å². The minimum absolute atomic E-state index is 0.146. The molecule has 19 heavy (non-hydrogen) atoms. The molecule has 0 saturated heterocycles. The number of hydrogen-bond acceptors (Lipinski definition) is 5. The number of nitrogen functional groups attached to an aromatic ring is 1. The maximum atomic E-state index is 13.5. The lowest BCUT2D eigenvalue weighted by Gasteiger charge is -2.18. The minimum atomic E-state index is -1.96. The zero-order chi connectivity index (χ0) is 13.8. The summed E-state index contributed by atoms with van der Waals surface area (Å²) in [5, 5.41) is 13.4. The van der Waals surface area contributed by atoms with Gasteiger partial charge in [-0.15, -0.1) is 0 Å². The van der Waals surface area contributed by atoms with Gasteiger partial charge in [-0.2, -0.15) is 0 Å². The molecule has 0 aliphatic carbocycles. The second-order valence-corrected chi connectivity index (χ2v) is 5.95. The highest BCUT2D eigenvalue weighted by Crippen LogP contribution is 2.46. The maximum Gasteiger partial charge on any atom is 0.266 e. The molecule has 1 aliphatic heterocycles. The first-order chi connectivity index (χ1) is 8.92. The van der Waals surface area contributed by atoms with Crippen LogP contribution in [0.15, 0.2) is 22.8 Å². The molecule has 2 aromatic rings. The predicted octanol–water partition coefficient (Wildman–Crippen LogP) is 1.81. The molecular formula is C11H7BrFN3O2S. The van der Waals surface area contributed by atoms with Gasteiger partial charge in [0.25, 0.3) is 5.91 Å². The summed E-state index contributed by atoms with van der Waals surface area (Å²) >= 11 is 4.13. The fraction of sp³-hybridized carbons (Fsp3) is 0.0909. The Kier molecular flexibility index (Phi) is 2.63. The van der Waals surface area contributed by atoms with Crippen molar-refractivity contribution in [3.8, 4) is 0 Å². The quantitative estimate of drug-likeness (QED) is 0.736. The van der Waals surface area contributed by atoms with Gasteiger partial charge in [0.2, 0.25) is 5.60 Å². The van der Waals surface area contributed by atoms with Crippen LogP contribution in [0.2, 0.25) is 0 Å². The van der Waals surface area contributed by atoms with Crippen LogP contribution in [0.3, 0.4) is 0 Å². The van der Waals surface area contributed by atoms with Gasteiger partial charge in [-0.1, -0.05) is 11.3 Å². The number of halogens is 2. The number of anilines is 2. The van der Waals surface area contributed by atoms with E-state index in [0.29, 0.717) is 10.2 Å². The highest BCUT2D eigenvalue weighted by atomic mass is 79.9. The number of carbonyl (C=O) groups excluding carboxylic acids is 1. The lowest BCUT2D eigenvalue weighted by molar-refractivity contribution is -0.129. The molecule has 0 spiro atoms. The summed E-state index contributed by atoms with van der Waals surface area (Å²) in [6.45, 7) is 0. The second kappa shape index (κ2) is 3.99. The molecular weight excluding hydrogens is 337 g/mol. The molecule has 0 saturated carbocycles. The summed E-state index contributed by atoms with van der Waals surface area (Å²) in [5.74, 6) is -1.21. The lowest BCUT2D eigenvalue weighted by Crippen LogP contribution is -2.34. The number of rotatable bonds is 1. The van der Waals surface area contributed by atoms with Crippen LogP contribution in [0.1, 0.15) is 10.4 Å². The van der Waals surface area contributed by atoms with Gasteiger partial charge < -0.3 is 16.2 Å². The summed E-state index contributed by atoms with van der Waals surface area (Å²) in [6.07, 6.45) is 1.31. The number of carbonyl (C=O) groups is 1. The lowest BCUT2D eigenvalue weighted by atomic mass is 9.94. The molecule has 3 rings (SSSR count). The van der Waals surface area contributed by atoms with Crippen molar-refractivity contribution < 1.29 is 14.3 Å². The van der Waals surface area contributed by atoms with Gasteiger partial charge >= 0.3 is 0 Å². The summed E-state index contributed by atoms with van der Waals surface area (Å²) in [4.78, 5) is 16.1. The first-order valence-corrected chi connectivity index (χ1v) is 6.79. The topological polar surface area (TPSA) is 88.2 Å². The van der Waals surface area contributed by atoms with Crippen LogP contribution in [0.25, 0.3) is 0 Å². The standard InChI is InChI=1S/C11H7BrFN3O2S/c12-6-2-4(13)1-5-8(6)16-9(17)11(5,18)7-3-15-10(14)19-7/h1-3,18H,(H2,14,15)(H,16,17). The van der Waals surface area contributed by atoms with Crippen molar-refractivity contribution in [3.63, 3.8) is 0 Å². The highest BCUT2D eigenvalue weighted by Gasteiger charge is 2.49. The number of aromatic nitrogens is 1. The van der Waals surface area contributed by atoms with E-state index in [-0.39, 0.29) is 15.6 Å². The third kappa shape index (κ3) is 1.67. The summed E-state index contributed by atoms with van der Waals surface area (Å²) in [5.41, 5.74) is 4.04. The Morgan fingerprint density at radius 1 is 1.53 bits per heavy atom. The van der Waals surface area contributed by atoms with Crippen LogP contribution < -0.4 is 11.1 Å². The average molecular weight is 344 g/mol. The maximum absolute atomic E-state index is 13.5. The van der Waals surface area contributed by atoms with Crippen molar-refractivity contribution in [2.45, 2.75) is 5.60 Å². The van der Waals surface area contributed by atoms with E-state index < -0.39 is 17.3 Å². The van der Waals surface area contributed by atoms with E-state index in [2.05, 4.69) is 26.2 Å². The van der Waals surface area contributed by atoms with E-state index in [9.17, 15) is 14.3 Å². The molecule has 1 aromatic carbocycles. The molecule has 1 unspecified atom stereocenters. The number of benzene rings is 1. The van der Waals surface area contributed by atoms with Crippen LogP contribution in [0.5, 0.6) is 0 Å². The van der Waals surface area contributed by atoms with E-state index in [1.54, 1.807) is 0 Å². The zero-order valence-electron chi connectivity index (χ0n) is 9.28. The number of aliphatic hydroxyl groups is 1. The van der Waals surface area contributed by atoms with Crippen molar-refractivity contribution >= 4 is 44.0 Å². The molecule has 8 heteroatoms. The summed E-state index contributed by atoms with van der Waals surface area (Å²) in [6, 6.07) is 2.33. The first kappa shape index (κ1) is 12.5. The molecule has 98 valence electrons. The first-order valence-electron chi connectivity index (χ1n) is 5.18. The zero-order valence-corrected chi connectivity index (χ0v) is 11.7. The molecule has 1 aliphatic rings. The minimum Gasteiger partial charge on any atom is -0.375 e. The van der Waals surface area contributed by atoms with Crippen molar-refractivity contribution in [2.24, 2.45) is 0 Å². The predicted molar refractivity (Wildman–Crippen MR) is 72.3 cm³/mol. The SMILES string of the molecule is Nc1ncc(C2(O)C(=O)Nc3c(Br)cc(F)cc32)s1. The fourth-order valence-corrected chi connectivity index (χ4v) is 3.33. The monoisotopic (exact) mass is 343 g/mol. The molecule has 0 bridgehead atoms. The number of nitrogens with one attached hydrogen (secondary N) is 1. The van der Waals surface area contributed by atoms with Crippen molar-refractivity contribution in [1.82, 2.24) is 4.98 Å². The summed E-state index contributed by atoms with van der Waals surface area (Å²) < 4.78 is 13.9. The number of thiazole rings is 1. The number of nitrogens with two attached hydrogens (primary N) is 1. The van der Waals surface area contributed by atoms with Gasteiger partial charge in [-0.3, -0.25) is 4.79 Å². The molecule has 1 amide bonds. The van der Waals surface area contributed by atoms with E-state index in [1.807, 2.05) is 0 Å². The van der Waals surface area contributed by atoms with Crippen LogP contribution in [-0.2, 0) is 10.4 Å². The van der Waals surface area contributed by atoms with Gasteiger partial charge in [-0.05, 0) is 28.1 Å². The van der Waals surface area contributed by atoms with Gasteiger partial charge in [0.15, 0.2) is 5.13 Å². The van der Waals surface area contributed by atoms with Gasteiger partial charge in [-0.25, -0.2) is 9.37 Å². The number of hydrogen-bond donors (Lipinski definition) is 3. The number of amides is 1. The molecule has 4 N–H and O–H groups in total. The average Bonchev–Trinajstić information content (AvgIpc) is 2.86. The number of nitrogens with zero attached hydrogens (tertiary/aromatic N) is 1. The van der Waals surface area contributed by atoms with Crippen molar-refractivity contribution in [3.05, 3.63) is 39.1 Å². The Morgan fingerprint density at radius 3 is 2.89 bits per heavy atom. The van der Waals surface area contributed by atoms with Gasteiger partial charge in [0.05, 0.1) is 10.6 Å².